The van der Waals surface area contributed by atoms with Crippen LogP contribution in [0.2, 0.25) is 18.1 Å². The lowest BCUT2D eigenvalue weighted by Crippen LogP contribution is -2.63. The predicted molar refractivity (Wildman–Crippen MR) is 196 cm³/mol. The molecule has 1 aromatic carbocycles. The largest absolute Gasteiger partial charge is 0.477 e. The van der Waals surface area contributed by atoms with Crippen LogP contribution in [-0.2, 0) is 15.6 Å². The monoisotopic (exact) mass is 760 g/mol. The van der Waals surface area contributed by atoms with E-state index in [9.17, 15) is 23.2 Å². The molecule has 2 aliphatic heterocycles. The van der Waals surface area contributed by atoms with Gasteiger partial charge in [0.05, 0.1) is 41.9 Å². The summed E-state index contributed by atoms with van der Waals surface area (Å²) < 4.78 is 52.9. The van der Waals surface area contributed by atoms with Crippen molar-refractivity contribution in [1.82, 2.24) is 15.3 Å². The van der Waals surface area contributed by atoms with E-state index in [4.69, 9.17) is 24.4 Å². The number of nitrogens with zero attached hydrogens (tertiary/aromatic N) is 3. The van der Waals surface area contributed by atoms with Crippen LogP contribution < -0.4 is 30.7 Å². The molecule has 3 aromatic rings. The number of fused-ring (bicyclic) bond motifs is 1. The number of benzene rings is 1. The summed E-state index contributed by atoms with van der Waals surface area (Å²) in [4.78, 5) is 49.6. The van der Waals surface area contributed by atoms with Gasteiger partial charge >= 0.3 is 12.2 Å². The van der Waals surface area contributed by atoms with Gasteiger partial charge in [0.15, 0.2) is 14.0 Å². The molecule has 282 valence electrons. The zero-order valence-corrected chi connectivity index (χ0v) is 32.6. The Morgan fingerprint density at radius 1 is 1.10 bits per heavy atom. The molecule has 2 aromatic heterocycles. The van der Waals surface area contributed by atoms with Gasteiger partial charge in [-0.25, -0.2) is 28.3 Å². The number of anilines is 2. The van der Waals surface area contributed by atoms with Gasteiger partial charge in [-0.2, -0.15) is 0 Å². The van der Waals surface area contributed by atoms with Crippen LogP contribution in [0.1, 0.15) is 64.5 Å². The summed E-state index contributed by atoms with van der Waals surface area (Å²) in [7, 11) is -2.30. The van der Waals surface area contributed by atoms with E-state index in [1.54, 1.807) is 20.8 Å². The number of pyridine rings is 1. The van der Waals surface area contributed by atoms with Gasteiger partial charge in [-0.15, -0.1) is 0 Å². The summed E-state index contributed by atoms with van der Waals surface area (Å²) in [6.45, 7) is 19.4. The maximum atomic E-state index is 14.7. The number of aromatic nitrogens is 2. The molecule has 0 radical (unpaired) electrons. The van der Waals surface area contributed by atoms with Crippen LogP contribution >= 0.6 is 11.3 Å². The number of carbonyl (C=O) groups is 3. The van der Waals surface area contributed by atoms with E-state index in [1.807, 2.05) is 4.90 Å². The SMILES string of the molecule is C[C@H]1CN(c2c(NC(=O)c3nc(-c4c(F)cccc4F)sc3OC(N)=O)cnc3c2CCO3)C[C@@H](NC(=O)OC(C)(C)C)[C@@H]1O[Si](C)(C)C(C)(C)C. The average Bonchev–Trinajstić information content (AvgIpc) is 3.64. The Hall–Kier alpha value is -4.35. The minimum absolute atomic E-state index is 0.0915. The van der Waals surface area contributed by atoms with Crippen molar-refractivity contribution >= 4 is 49.1 Å². The van der Waals surface area contributed by atoms with E-state index in [-0.39, 0.29) is 39.4 Å². The van der Waals surface area contributed by atoms with Crippen LogP contribution in [0.5, 0.6) is 10.9 Å². The number of nitrogens with one attached hydrogen (secondary N) is 2. The highest BCUT2D eigenvalue weighted by Crippen LogP contribution is 2.44. The minimum Gasteiger partial charge on any atom is -0.477 e. The molecule has 0 aliphatic carbocycles. The summed E-state index contributed by atoms with van der Waals surface area (Å²) in [5.74, 6) is -2.38. The number of thiazole rings is 1. The van der Waals surface area contributed by atoms with Crippen molar-refractivity contribution in [1.29, 1.82) is 0 Å². The van der Waals surface area contributed by atoms with E-state index in [0.29, 0.717) is 42.5 Å². The number of ether oxygens (including phenoxy) is 3. The lowest BCUT2D eigenvalue weighted by molar-refractivity contribution is 0.0336. The molecule has 4 N–H and O–H groups in total. The molecule has 1 saturated heterocycles. The predicted octanol–water partition coefficient (Wildman–Crippen LogP) is 6.87. The van der Waals surface area contributed by atoms with E-state index in [0.717, 1.165) is 17.7 Å². The first-order chi connectivity index (χ1) is 24.1. The number of halogens is 2. The van der Waals surface area contributed by atoms with Gasteiger partial charge in [-0.3, -0.25) is 4.79 Å². The number of rotatable bonds is 8. The molecule has 0 spiro atoms. The molecule has 0 unspecified atom stereocenters. The summed E-state index contributed by atoms with van der Waals surface area (Å²) in [5.41, 5.74) is 5.26. The lowest BCUT2D eigenvalue weighted by Gasteiger charge is -2.49. The molecule has 52 heavy (non-hydrogen) atoms. The third kappa shape index (κ3) is 8.47. The normalized spacial score (nSPS) is 19.1. The summed E-state index contributed by atoms with van der Waals surface area (Å²) >= 11 is 0.593. The lowest BCUT2D eigenvalue weighted by atomic mass is 9.91. The van der Waals surface area contributed by atoms with Crippen LogP contribution in [0.15, 0.2) is 24.4 Å². The number of hydrogen-bond acceptors (Lipinski definition) is 11. The van der Waals surface area contributed by atoms with Crippen molar-refractivity contribution in [2.45, 2.75) is 90.8 Å². The quantitative estimate of drug-likeness (QED) is 0.206. The second kappa shape index (κ2) is 14.6. The van der Waals surface area contributed by atoms with E-state index in [1.165, 1.54) is 12.3 Å². The second-order valence-electron chi connectivity index (χ2n) is 15.5. The Morgan fingerprint density at radius 2 is 1.77 bits per heavy atom. The van der Waals surface area contributed by atoms with Gasteiger partial charge in [-0.1, -0.05) is 45.1 Å². The Bertz CT molecular complexity index is 1840. The fourth-order valence-corrected chi connectivity index (χ4v) is 8.33. The Balaban J connectivity index is 1.52. The number of carbonyl (C=O) groups excluding carboxylic acids is 3. The molecule has 0 saturated carbocycles. The minimum atomic E-state index is -2.30. The first-order valence-electron chi connectivity index (χ1n) is 17.0. The molecule has 0 bridgehead atoms. The number of amides is 3. The average molecular weight is 761 g/mol. The summed E-state index contributed by atoms with van der Waals surface area (Å²) in [6.07, 6.45) is -0.247. The number of alkyl carbamates (subject to hydrolysis) is 1. The second-order valence-corrected chi connectivity index (χ2v) is 21.2. The molecule has 3 amide bonds. The number of primary amides is 1. The Morgan fingerprint density at radius 3 is 2.38 bits per heavy atom. The molecule has 1 fully saturated rings. The fourth-order valence-electron chi connectivity index (χ4n) is 5.93. The van der Waals surface area contributed by atoms with Crippen LogP contribution in [0, 0.1) is 17.6 Å². The smallest absolute Gasteiger partial charge is 0.410 e. The molecule has 3 atom stereocenters. The Kier molecular flexibility index (Phi) is 10.9. The van der Waals surface area contributed by atoms with Crippen LogP contribution in [0.25, 0.3) is 10.6 Å². The molecular formula is C35H46F2N6O7SSi. The number of piperidine rings is 1. The highest BCUT2D eigenvalue weighted by Gasteiger charge is 2.46. The maximum Gasteiger partial charge on any atom is 0.410 e. The van der Waals surface area contributed by atoms with Crippen LogP contribution in [0.3, 0.4) is 0 Å². The Labute approximate surface area is 306 Å². The van der Waals surface area contributed by atoms with Crippen LogP contribution in [-0.4, -0.2) is 73.8 Å². The molecule has 2 aliphatic rings. The van der Waals surface area contributed by atoms with Gasteiger partial charge in [0, 0.05) is 31.0 Å². The van der Waals surface area contributed by atoms with Gasteiger partial charge in [0.25, 0.3) is 5.91 Å². The zero-order chi connectivity index (χ0) is 38.3. The molecular weight excluding hydrogens is 715 g/mol. The molecule has 17 heteroatoms. The third-order valence-corrected chi connectivity index (χ3v) is 14.7. The van der Waals surface area contributed by atoms with Gasteiger partial charge in [-0.05, 0) is 51.0 Å². The maximum absolute atomic E-state index is 14.7. The number of hydrogen-bond donors (Lipinski definition) is 3. The zero-order valence-electron chi connectivity index (χ0n) is 30.8. The standard InChI is InChI=1S/C35H46F2N6O7SSi/c1-18-16-43(17-23(41-33(46)49-34(2,3)4)27(18)50-52(8,9)35(5,6)7)26-19-13-14-47-29(19)39-15-22(26)40-28(44)25-31(48-32(38)45)51-30(42-25)24-20(36)11-10-12-21(24)37/h10-12,15,18,23,27H,13-14,16-17H2,1-9H3,(H2,38,45)(H,40,44)(H,41,46)/t18-,23+,27+/m0/s1. The first-order valence-corrected chi connectivity index (χ1v) is 20.7. The molecule has 4 heterocycles. The van der Waals surface area contributed by atoms with Crippen molar-refractivity contribution in [2.75, 3.05) is 29.9 Å². The summed E-state index contributed by atoms with van der Waals surface area (Å²) in [6, 6.07) is 2.77. The van der Waals surface area contributed by atoms with E-state index in [2.05, 4.69) is 61.4 Å². The van der Waals surface area contributed by atoms with Gasteiger partial charge in [0.1, 0.15) is 22.2 Å². The van der Waals surface area contributed by atoms with Crippen molar-refractivity contribution in [2.24, 2.45) is 11.7 Å². The van der Waals surface area contributed by atoms with Crippen molar-refractivity contribution in [3.63, 3.8) is 0 Å². The summed E-state index contributed by atoms with van der Waals surface area (Å²) in [5, 5.41) is 5.22. The first kappa shape index (κ1) is 38.9. The van der Waals surface area contributed by atoms with Crippen molar-refractivity contribution in [3.8, 4) is 21.5 Å². The topological polar surface area (TPSA) is 167 Å². The molecule has 5 rings (SSSR count). The van der Waals surface area contributed by atoms with Crippen LogP contribution in [0.4, 0.5) is 29.7 Å². The van der Waals surface area contributed by atoms with E-state index >= 15 is 0 Å². The third-order valence-electron chi connectivity index (χ3n) is 9.27. The molecule has 13 nitrogen and oxygen atoms in total. The highest BCUT2D eigenvalue weighted by molar-refractivity contribution is 7.17. The van der Waals surface area contributed by atoms with Gasteiger partial charge in [0.2, 0.25) is 10.9 Å². The van der Waals surface area contributed by atoms with Crippen molar-refractivity contribution < 1.29 is 41.8 Å². The fraction of sp³-hybridized carbons (Fsp3) is 0.514. The van der Waals surface area contributed by atoms with Gasteiger partial charge < -0.3 is 39.9 Å². The van der Waals surface area contributed by atoms with E-state index < -0.39 is 60.9 Å². The number of nitrogens with two attached hydrogens (primary N) is 1. The highest BCUT2D eigenvalue weighted by atomic mass is 32.1. The van der Waals surface area contributed by atoms with Crippen molar-refractivity contribution in [3.05, 3.63) is 47.3 Å².